The van der Waals surface area contributed by atoms with Gasteiger partial charge in [0.25, 0.3) is 0 Å². The third kappa shape index (κ3) is 11.5. The van der Waals surface area contributed by atoms with E-state index in [1.807, 2.05) is 0 Å². The molecule has 438 valence electrons. The molecular formula is C88H66P4. The first-order chi connectivity index (χ1) is 45.7. The van der Waals surface area contributed by atoms with Gasteiger partial charge >= 0.3 is 0 Å². The van der Waals surface area contributed by atoms with Crippen LogP contribution >= 0.6 is 31.7 Å². The van der Waals surface area contributed by atoms with E-state index in [0.717, 1.165) is 0 Å². The number of fused-ring (bicyclic) bond motifs is 4. The average molecular weight is 1250 g/mol. The summed E-state index contributed by atoms with van der Waals surface area (Å²) < 4.78 is 0. The van der Waals surface area contributed by atoms with Crippen LogP contribution in [0.4, 0.5) is 0 Å². The van der Waals surface area contributed by atoms with E-state index < -0.39 is 31.7 Å². The molecule has 16 rings (SSSR count). The molecule has 0 nitrogen and oxygen atoms in total. The number of allylic oxidation sites excluding steroid dienone is 1. The molecule has 0 amide bonds. The van der Waals surface area contributed by atoms with Gasteiger partial charge in [-0.25, -0.2) is 0 Å². The Kier molecular flexibility index (Phi) is 17.4. The van der Waals surface area contributed by atoms with Crippen molar-refractivity contribution >= 4 is 123 Å². The zero-order valence-corrected chi connectivity index (χ0v) is 54.5. The van der Waals surface area contributed by atoms with Gasteiger partial charge in [-0.3, -0.25) is 0 Å². The van der Waals surface area contributed by atoms with Gasteiger partial charge in [-0.2, -0.15) is 0 Å². The first kappa shape index (κ1) is 58.9. The van der Waals surface area contributed by atoms with Crippen molar-refractivity contribution in [1.82, 2.24) is 0 Å². The fourth-order valence-electron chi connectivity index (χ4n) is 13.9. The van der Waals surface area contributed by atoms with Crippen molar-refractivity contribution in [3.05, 3.63) is 405 Å². The highest BCUT2D eigenvalue weighted by molar-refractivity contribution is 7.91. The van der Waals surface area contributed by atoms with Gasteiger partial charge in [-0.05, 0) is 145 Å². The molecule has 15 aromatic carbocycles. The van der Waals surface area contributed by atoms with Gasteiger partial charge in [0.1, 0.15) is 0 Å². The second-order valence-corrected chi connectivity index (χ2v) is 32.7. The van der Waals surface area contributed by atoms with Crippen LogP contribution in [0.5, 0.6) is 0 Å². The summed E-state index contributed by atoms with van der Waals surface area (Å²) >= 11 is 0. The SMILES string of the molecule is C1=CC(P(c2ccccc2)c2ccccc2)(P(c2ccccc2)c2ccccc2)C(c2cccc3ccccc23)c2ccccc21.c1ccc(P(c2ccccc2)c2ccc3ccccc3c2-c2c(P(c3ccccc3)c3ccccc3)ccc3ccccc23)cc1. The third-order valence-electron chi connectivity index (χ3n) is 17.8. The second kappa shape index (κ2) is 27.2. The highest BCUT2D eigenvalue weighted by Crippen LogP contribution is 2.74. The fraction of sp³-hybridized carbons (Fsp3) is 0.0227. The summed E-state index contributed by atoms with van der Waals surface area (Å²) in [6, 6.07) is 142. The number of hydrogen-bond acceptors (Lipinski definition) is 0. The van der Waals surface area contributed by atoms with E-state index in [9.17, 15) is 0 Å². The molecule has 0 saturated heterocycles. The molecule has 0 saturated carbocycles. The van der Waals surface area contributed by atoms with E-state index in [0.29, 0.717) is 0 Å². The summed E-state index contributed by atoms with van der Waals surface area (Å²) in [7, 11) is -3.59. The first-order valence-corrected chi connectivity index (χ1v) is 37.0. The lowest BCUT2D eigenvalue weighted by atomic mass is 9.79. The molecule has 4 heteroatoms. The number of rotatable bonds is 14. The third-order valence-corrected chi connectivity index (χ3v) is 29.4. The minimum Gasteiger partial charge on any atom is -0.0670 e. The summed E-state index contributed by atoms with van der Waals surface area (Å²) in [6.45, 7) is 0. The average Bonchev–Trinajstić information content (AvgIpc) is 0.709. The lowest BCUT2D eigenvalue weighted by Gasteiger charge is -2.53. The Morgan fingerprint density at radius 3 is 0.880 bits per heavy atom. The van der Waals surface area contributed by atoms with Gasteiger partial charge in [-0.15, -0.1) is 0 Å². The largest absolute Gasteiger partial charge is 0.0670 e. The summed E-state index contributed by atoms with van der Waals surface area (Å²) in [5.74, 6) is 0.0952. The van der Waals surface area contributed by atoms with Crippen molar-refractivity contribution in [2.24, 2.45) is 0 Å². The summed E-state index contributed by atoms with van der Waals surface area (Å²) in [6.07, 6.45) is 5.10. The Morgan fingerprint density at radius 1 is 0.217 bits per heavy atom. The Hall–Kier alpha value is -9.46. The van der Waals surface area contributed by atoms with Crippen LogP contribution in [0.25, 0.3) is 49.5 Å². The molecule has 0 bridgehead atoms. The molecule has 1 aliphatic carbocycles. The molecule has 0 radical (unpaired) electrons. The molecule has 0 aliphatic heterocycles. The van der Waals surface area contributed by atoms with Gasteiger partial charge in [0, 0.05) is 5.92 Å². The number of hydrogen-bond donors (Lipinski definition) is 0. The van der Waals surface area contributed by atoms with Crippen LogP contribution in [0.15, 0.2) is 388 Å². The molecule has 1 atom stereocenters. The monoisotopic (exact) mass is 1250 g/mol. The van der Waals surface area contributed by atoms with E-state index in [2.05, 4.69) is 394 Å². The molecule has 0 fully saturated rings. The fourth-order valence-corrected chi connectivity index (χ4v) is 26.7. The highest BCUT2D eigenvalue weighted by atomic mass is 31.2. The van der Waals surface area contributed by atoms with Crippen molar-refractivity contribution < 1.29 is 0 Å². The maximum atomic E-state index is 2.65. The topological polar surface area (TPSA) is 0 Å². The standard InChI is InChI=1S/C44H34P2.C44H32P2/c1-5-21-36(22-6-1)45(37-23-7-2-8-24-37)44(46(38-25-9-3-10-26-38)39-27-11-4-12-28-39)33-32-35-19-14-16-30-41(35)43(44)42-31-17-20-34-18-13-15-29-40(34)42;1-5-19-35(20-6-1)45(36-21-7-2-8-22-36)41-31-29-33-17-13-15-27-39(33)43(41)44-40-28-16-14-18-34(40)30-32-42(44)46(37-23-9-3-10-24-37)38-25-11-4-12-26-38/h1-33,43H;1-32H. The first-order valence-electron chi connectivity index (χ1n) is 31.6. The van der Waals surface area contributed by atoms with E-state index in [4.69, 9.17) is 0 Å². The van der Waals surface area contributed by atoms with Crippen LogP contribution in [0.1, 0.15) is 22.6 Å². The molecule has 0 N–H and O–H groups in total. The molecule has 1 unspecified atom stereocenters. The van der Waals surface area contributed by atoms with Crippen LogP contribution in [-0.2, 0) is 0 Å². The van der Waals surface area contributed by atoms with Crippen LogP contribution in [0.2, 0.25) is 0 Å². The summed E-state index contributed by atoms with van der Waals surface area (Å²) in [4.78, 5) is -0.311. The van der Waals surface area contributed by atoms with Crippen molar-refractivity contribution in [3.63, 3.8) is 0 Å². The van der Waals surface area contributed by atoms with E-state index in [-0.39, 0.29) is 10.8 Å². The minimum atomic E-state index is -0.941. The summed E-state index contributed by atoms with van der Waals surface area (Å²) in [5.41, 5.74) is 6.81. The maximum absolute atomic E-state index is 2.65. The van der Waals surface area contributed by atoms with Crippen molar-refractivity contribution in [3.8, 4) is 11.1 Å². The van der Waals surface area contributed by atoms with Gasteiger partial charge in [-0.1, -0.05) is 394 Å². The predicted octanol–water partition coefficient (Wildman–Crippen LogP) is 19.1. The van der Waals surface area contributed by atoms with Crippen LogP contribution < -0.4 is 53.0 Å². The van der Waals surface area contributed by atoms with E-state index >= 15 is 0 Å². The van der Waals surface area contributed by atoms with E-state index in [1.54, 1.807) is 0 Å². The molecule has 0 spiro atoms. The quantitative estimate of drug-likeness (QED) is 0.0952. The van der Waals surface area contributed by atoms with Crippen LogP contribution in [0.3, 0.4) is 0 Å². The summed E-state index contributed by atoms with van der Waals surface area (Å²) in [5, 5.41) is 21.5. The van der Waals surface area contributed by atoms with Crippen molar-refractivity contribution in [2.45, 2.75) is 10.8 Å². The van der Waals surface area contributed by atoms with Gasteiger partial charge in [0.2, 0.25) is 0 Å². The molecule has 92 heavy (non-hydrogen) atoms. The van der Waals surface area contributed by atoms with Gasteiger partial charge in [0.05, 0.1) is 4.90 Å². The highest BCUT2D eigenvalue weighted by Gasteiger charge is 2.54. The normalized spacial score (nSPS) is 13.3. The Balaban J connectivity index is 0.000000153. The zero-order valence-electron chi connectivity index (χ0n) is 50.9. The van der Waals surface area contributed by atoms with E-state index in [1.165, 1.54) is 113 Å². The predicted molar refractivity (Wildman–Crippen MR) is 406 cm³/mol. The van der Waals surface area contributed by atoms with Crippen molar-refractivity contribution in [2.75, 3.05) is 0 Å². The smallest absolute Gasteiger partial charge is 0.0557 e. The molecule has 0 aromatic heterocycles. The minimum absolute atomic E-state index is 0.0952. The second-order valence-electron chi connectivity index (χ2n) is 23.1. The molecular weight excluding hydrogens is 1180 g/mol. The Labute approximate surface area is 546 Å². The Bertz CT molecular complexity index is 4580. The lowest BCUT2D eigenvalue weighted by Crippen LogP contribution is -2.44. The maximum Gasteiger partial charge on any atom is 0.0557 e. The molecule has 1 aliphatic rings. The zero-order chi connectivity index (χ0) is 61.5. The van der Waals surface area contributed by atoms with Gasteiger partial charge in [0.15, 0.2) is 0 Å². The van der Waals surface area contributed by atoms with Crippen LogP contribution in [-0.4, -0.2) is 4.90 Å². The Morgan fingerprint density at radius 2 is 0.500 bits per heavy atom. The lowest BCUT2D eigenvalue weighted by molar-refractivity contribution is 0.787. The van der Waals surface area contributed by atoms with Crippen LogP contribution in [0, 0.1) is 0 Å². The number of benzene rings is 15. The van der Waals surface area contributed by atoms with Crippen molar-refractivity contribution in [1.29, 1.82) is 0 Å². The molecule has 0 heterocycles. The molecule has 15 aromatic rings. The van der Waals surface area contributed by atoms with Gasteiger partial charge < -0.3 is 0 Å².